The highest BCUT2D eigenvalue weighted by Gasteiger charge is 2.41. The maximum Gasteiger partial charge on any atom is 0.309 e. The van der Waals surface area contributed by atoms with Crippen LogP contribution in [0.4, 0.5) is 11.4 Å². The van der Waals surface area contributed by atoms with Crippen molar-refractivity contribution in [2.75, 3.05) is 22.9 Å². The Kier molecular flexibility index (Phi) is 16.8. The number of carbonyl (C=O) groups excluding carboxylic acids is 1. The Morgan fingerprint density at radius 3 is 1.70 bits per heavy atom. The Balaban J connectivity index is 0.000000170. The zero-order chi connectivity index (χ0) is 42.6. The van der Waals surface area contributed by atoms with Gasteiger partial charge >= 0.3 is 11.9 Å². The molecule has 63 heavy (non-hydrogen) atoms. The smallest absolute Gasteiger partial charge is 0.309 e. The number of aliphatic carboxylic acids is 2. The number of likely N-dealkylation sites (N-methyl/N-ethyl adjacent to an activating group) is 2. The number of carboxylic acids is 2. The number of thiazole rings is 2. The first-order valence-corrected chi connectivity index (χ1v) is 23.5. The molecule has 0 bridgehead atoms. The van der Waals surface area contributed by atoms with E-state index in [2.05, 4.69) is 93.5 Å². The highest BCUT2D eigenvalue weighted by Crippen LogP contribution is 2.50. The van der Waals surface area contributed by atoms with Crippen molar-refractivity contribution in [2.45, 2.75) is 109 Å². The first-order chi connectivity index (χ1) is 29.7. The Morgan fingerprint density at radius 2 is 1.16 bits per heavy atom. The number of aldehydes is 1. The van der Waals surface area contributed by atoms with Gasteiger partial charge in [-0.15, -0.1) is 0 Å². The molecule has 6 aromatic rings. The fourth-order valence-corrected chi connectivity index (χ4v) is 12.5. The standard InChI is InChI=1S/C25H26N2O2S.C14H17NO.C11H11NO2S.2HI/c1-2-26-20-8-5-6-18(20)19-16-17(10-12-21(19)26)11-13-24-27(15-14-25(28)29)22-7-3-4-9-23(22)30-24;1-2-15-13-5-3-4-11(13)12-8-10(9-16)6-7-14(12)15;1-8-12(7-6-11(13)14)9-4-2-3-5-10(9)15-8;;/h3-4,7,9-13,16,18,20H,2,5-6,8,14-15H2,1H3;6-9,11,13H,2-5H2,1H3;2-5H,6-7H2,1H3;2*1H. The number of para-hydroxylation sites is 2. The number of aromatic nitrogens is 2. The van der Waals surface area contributed by atoms with Gasteiger partial charge in [0.1, 0.15) is 28.5 Å². The quantitative estimate of drug-likeness (QED) is 0.114. The molecule has 4 aliphatic rings. The van der Waals surface area contributed by atoms with Crippen LogP contribution in [0.2, 0.25) is 0 Å². The van der Waals surface area contributed by atoms with Crippen LogP contribution in [0.5, 0.6) is 0 Å². The van der Waals surface area contributed by atoms with E-state index < -0.39 is 11.9 Å². The monoisotopic (exact) mass is 1110 g/mol. The molecule has 2 saturated carbocycles. The van der Waals surface area contributed by atoms with Crippen LogP contribution in [0.15, 0.2) is 84.9 Å². The number of carboxylic acid groups (broad SMARTS) is 2. The Hall–Kier alpha value is -3.93. The maximum atomic E-state index is 11.1. The van der Waals surface area contributed by atoms with Crippen molar-refractivity contribution in [3.63, 3.8) is 0 Å². The van der Waals surface area contributed by atoms with Crippen molar-refractivity contribution >= 4 is 84.9 Å². The lowest BCUT2D eigenvalue weighted by Gasteiger charge is -2.25. The average Bonchev–Trinajstić information content (AvgIpc) is 4.12. The number of carbonyl (C=O) groups is 3. The van der Waals surface area contributed by atoms with E-state index in [0.29, 0.717) is 37.0 Å². The highest BCUT2D eigenvalue weighted by molar-refractivity contribution is 7.19. The van der Waals surface area contributed by atoms with Crippen molar-refractivity contribution < 1.29 is 81.7 Å². The summed E-state index contributed by atoms with van der Waals surface area (Å²) in [5, 5.41) is 20.1. The molecule has 2 fully saturated rings. The van der Waals surface area contributed by atoms with Gasteiger partial charge in [0, 0.05) is 79.1 Å². The summed E-state index contributed by atoms with van der Waals surface area (Å²) < 4.78 is 6.59. The molecule has 2 N–H and O–H groups in total. The minimum absolute atomic E-state index is 0. The van der Waals surface area contributed by atoms with E-state index in [4.69, 9.17) is 10.2 Å². The maximum absolute atomic E-state index is 11.1. The van der Waals surface area contributed by atoms with Gasteiger partial charge in [0.2, 0.25) is 16.0 Å². The Bertz CT molecular complexity index is 2610. The van der Waals surface area contributed by atoms with E-state index in [-0.39, 0.29) is 60.8 Å². The zero-order valence-corrected chi connectivity index (χ0v) is 42.0. The summed E-state index contributed by atoms with van der Waals surface area (Å²) in [5.41, 5.74) is 9.98. The summed E-state index contributed by atoms with van der Waals surface area (Å²) in [4.78, 5) is 37.6. The van der Waals surface area contributed by atoms with Gasteiger partial charge in [0.05, 0.1) is 0 Å². The van der Waals surface area contributed by atoms with Crippen LogP contribution in [0, 0.1) is 6.92 Å². The third-order valence-electron chi connectivity index (χ3n) is 13.0. The molecule has 4 heterocycles. The van der Waals surface area contributed by atoms with Gasteiger partial charge in [0.15, 0.2) is 13.1 Å². The predicted molar refractivity (Wildman–Crippen MR) is 247 cm³/mol. The van der Waals surface area contributed by atoms with Crippen molar-refractivity contribution in [3.05, 3.63) is 117 Å². The van der Waals surface area contributed by atoms with Crippen LogP contribution < -0.4 is 66.9 Å². The second-order valence-electron chi connectivity index (χ2n) is 16.5. The minimum atomic E-state index is -0.766. The van der Waals surface area contributed by atoms with E-state index in [1.165, 1.54) is 76.0 Å². The van der Waals surface area contributed by atoms with E-state index >= 15 is 0 Å². The van der Waals surface area contributed by atoms with Crippen molar-refractivity contribution in [1.29, 1.82) is 0 Å². The van der Waals surface area contributed by atoms with Crippen molar-refractivity contribution in [1.82, 2.24) is 0 Å². The van der Waals surface area contributed by atoms with Gasteiger partial charge in [-0.2, -0.15) is 9.13 Å². The molecule has 0 saturated heterocycles. The second-order valence-corrected chi connectivity index (χ2v) is 18.8. The molecule has 2 aliphatic carbocycles. The van der Waals surface area contributed by atoms with E-state index in [0.717, 1.165) is 46.0 Å². The van der Waals surface area contributed by atoms with Gasteiger partial charge < -0.3 is 68.0 Å². The SMILES string of the molecule is CCN1c2ccc(/C=C/c3sc4ccccc4[n+]3CCC(=O)O)cc2C2CCCC21.CCN1c2ccc(C=O)cc2C2CCCC21.Cc1sc2ccccc2[n+]1CCC(=O)O.[I-].[I-]. The lowest BCUT2D eigenvalue weighted by Crippen LogP contribution is -3.00. The highest BCUT2D eigenvalue weighted by atomic mass is 127. The lowest BCUT2D eigenvalue weighted by molar-refractivity contribution is -0.671. The van der Waals surface area contributed by atoms with Gasteiger partial charge in [-0.3, -0.25) is 14.4 Å². The number of hydrogen-bond acceptors (Lipinski definition) is 7. The average molecular weight is 1110 g/mol. The van der Waals surface area contributed by atoms with Crippen molar-refractivity contribution in [3.8, 4) is 0 Å². The second kappa shape index (κ2) is 21.8. The molecular formula is C50H56I2N4O5S2. The molecule has 2 aromatic heterocycles. The summed E-state index contributed by atoms with van der Waals surface area (Å²) in [6.07, 6.45) is 13.4. The van der Waals surface area contributed by atoms with Gasteiger partial charge in [-0.25, -0.2) is 0 Å². The summed E-state index contributed by atoms with van der Waals surface area (Å²) in [5.74, 6) is -0.164. The summed E-state index contributed by atoms with van der Waals surface area (Å²) in [6.45, 7) is 9.69. The summed E-state index contributed by atoms with van der Waals surface area (Å²) in [6, 6.07) is 30.7. The van der Waals surface area contributed by atoms with E-state index in [9.17, 15) is 14.4 Å². The number of benzene rings is 4. The first-order valence-electron chi connectivity index (χ1n) is 21.9. The molecule has 4 atom stereocenters. The van der Waals surface area contributed by atoms with E-state index in [1.807, 2.05) is 43.3 Å². The number of halogens is 2. The normalized spacial score (nSPS) is 19.0. The molecule has 0 radical (unpaired) electrons. The minimum Gasteiger partial charge on any atom is -1.00 e. The van der Waals surface area contributed by atoms with Crippen LogP contribution in [-0.4, -0.2) is 53.6 Å². The Labute approximate surface area is 412 Å². The number of aryl methyl sites for hydroxylation is 3. The molecule has 9 nitrogen and oxygen atoms in total. The number of rotatable bonds is 11. The first kappa shape index (κ1) is 48.5. The van der Waals surface area contributed by atoms with Crippen LogP contribution >= 0.6 is 22.7 Å². The molecule has 10 rings (SSSR count). The third-order valence-corrected chi connectivity index (χ3v) is 15.3. The van der Waals surface area contributed by atoms with Gasteiger partial charge in [-0.1, -0.05) is 65.8 Å². The van der Waals surface area contributed by atoms with Crippen molar-refractivity contribution in [2.24, 2.45) is 0 Å². The molecule has 4 unspecified atom stereocenters. The topological polar surface area (TPSA) is 106 Å². The zero-order valence-electron chi connectivity index (χ0n) is 36.1. The molecule has 13 heteroatoms. The van der Waals surface area contributed by atoms with Gasteiger partial charge in [0.25, 0.3) is 5.01 Å². The predicted octanol–water partition coefficient (Wildman–Crippen LogP) is 4.26. The van der Waals surface area contributed by atoms with Gasteiger partial charge in [-0.05, 0) is 105 Å². The molecule has 4 aromatic carbocycles. The Morgan fingerprint density at radius 1 is 0.667 bits per heavy atom. The summed E-state index contributed by atoms with van der Waals surface area (Å²) >= 11 is 3.42. The van der Waals surface area contributed by atoms with E-state index in [1.54, 1.807) is 22.7 Å². The number of fused-ring (bicyclic) bond motifs is 8. The number of hydrogen-bond donors (Lipinski definition) is 2. The number of nitrogens with zero attached hydrogens (tertiary/aromatic N) is 4. The van der Waals surface area contributed by atoms with Crippen LogP contribution in [0.3, 0.4) is 0 Å². The fraction of sp³-hybridized carbons (Fsp3) is 0.380. The summed E-state index contributed by atoms with van der Waals surface area (Å²) in [7, 11) is 0. The fourth-order valence-electron chi connectivity index (χ4n) is 10.4. The molecular weight excluding hydrogens is 1050 g/mol. The third kappa shape index (κ3) is 10.3. The lowest BCUT2D eigenvalue weighted by atomic mass is 9.96. The van der Waals surface area contributed by atoms with Crippen LogP contribution in [0.1, 0.15) is 114 Å². The number of anilines is 2. The molecule has 2 aliphatic heterocycles. The molecule has 332 valence electrons. The molecule has 0 amide bonds. The molecule has 0 spiro atoms. The van der Waals surface area contributed by atoms with Crippen LogP contribution in [-0.2, 0) is 22.7 Å². The van der Waals surface area contributed by atoms with Crippen LogP contribution in [0.25, 0.3) is 32.6 Å². The largest absolute Gasteiger partial charge is 1.00 e.